The summed E-state index contributed by atoms with van der Waals surface area (Å²) in [4.78, 5) is 0.0383. The molecule has 0 aromatic heterocycles. The van der Waals surface area contributed by atoms with Crippen molar-refractivity contribution in [2.75, 3.05) is 6.16 Å². The topological polar surface area (TPSA) is 0 Å². The van der Waals surface area contributed by atoms with Gasteiger partial charge in [0, 0.05) is 0 Å². The highest BCUT2D eigenvalue weighted by Gasteiger charge is 2.41. The number of hydrogen-bond acceptors (Lipinski definition) is 0. The molecule has 0 heterocycles. The van der Waals surface area contributed by atoms with E-state index in [1.807, 2.05) is 0 Å². The van der Waals surface area contributed by atoms with Gasteiger partial charge in [0.1, 0.15) is 0 Å². The van der Waals surface area contributed by atoms with Crippen molar-refractivity contribution >= 4 is 20.8 Å². The van der Waals surface area contributed by atoms with Gasteiger partial charge < -0.3 is 0 Å². The van der Waals surface area contributed by atoms with Crippen LogP contribution in [0.15, 0.2) is 11.6 Å². The number of hydrogen-bond donors (Lipinski definition) is 0. The van der Waals surface area contributed by atoms with Crippen molar-refractivity contribution in [2.45, 2.75) is 18.2 Å². The first-order chi connectivity index (χ1) is 3.67. The van der Waals surface area contributed by atoms with Crippen LogP contribution in [0.1, 0.15) is 13.3 Å². The number of alkyl halides is 1. The van der Waals surface area contributed by atoms with Gasteiger partial charge in [-0.2, -0.15) is 0 Å². The summed E-state index contributed by atoms with van der Waals surface area (Å²) in [7, 11) is 2.66. The Morgan fingerprint density at radius 2 is 2.50 bits per heavy atom. The Morgan fingerprint density at radius 1 is 2.00 bits per heavy atom. The minimum Gasteiger partial charge on any atom is -0.134 e. The molecule has 0 amide bonds. The SMILES string of the molecule is CC1(Cl)C/C1=C\CP. The van der Waals surface area contributed by atoms with Gasteiger partial charge in [-0.3, -0.25) is 0 Å². The molecule has 2 unspecified atom stereocenters. The summed E-state index contributed by atoms with van der Waals surface area (Å²) >= 11 is 5.91. The molecule has 1 fully saturated rings. The molecule has 8 heavy (non-hydrogen) atoms. The average molecular weight is 149 g/mol. The highest BCUT2D eigenvalue weighted by atomic mass is 35.5. The first-order valence-corrected chi connectivity index (χ1v) is 3.95. The first kappa shape index (κ1) is 6.58. The second-order valence-corrected chi connectivity index (χ2v) is 3.64. The van der Waals surface area contributed by atoms with Crippen molar-refractivity contribution < 1.29 is 0 Å². The molecule has 46 valence electrons. The van der Waals surface area contributed by atoms with Gasteiger partial charge in [-0.25, -0.2) is 0 Å². The maximum Gasteiger partial charge on any atom is 0.0665 e. The van der Waals surface area contributed by atoms with Crippen LogP contribution in [-0.2, 0) is 0 Å². The summed E-state index contributed by atoms with van der Waals surface area (Å²) < 4.78 is 0. The highest BCUT2D eigenvalue weighted by Crippen LogP contribution is 2.48. The van der Waals surface area contributed by atoms with Gasteiger partial charge in [0.05, 0.1) is 4.87 Å². The molecule has 1 aliphatic rings. The lowest BCUT2D eigenvalue weighted by Gasteiger charge is -1.86. The Labute approximate surface area is 57.5 Å². The molecule has 2 heteroatoms. The Balaban J connectivity index is 2.47. The molecule has 0 saturated heterocycles. The Morgan fingerprint density at radius 3 is 2.62 bits per heavy atom. The van der Waals surface area contributed by atoms with E-state index in [-0.39, 0.29) is 4.87 Å². The lowest BCUT2D eigenvalue weighted by molar-refractivity contribution is 1.07. The zero-order valence-corrected chi connectivity index (χ0v) is 6.86. The number of allylic oxidation sites excluding steroid dienone is 2. The minimum atomic E-state index is 0.0383. The van der Waals surface area contributed by atoms with Crippen LogP contribution in [0.2, 0.25) is 0 Å². The maximum absolute atomic E-state index is 5.91. The van der Waals surface area contributed by atoms with Gasteiger partial charge in [0.25, 0.3) is 0 Å². The molecule has 0 N–H and O–H groups in total. The Kier molecular flexibility index (Phi) is 1.65. The molecule has 0 aliphatic heterocycles. The van der Waals surface area contributed by atoms with Crippen LogP contribution in [0.4, 0.5) is 0 Å². The van der Waals surface area contributed by atoms with E-state index < -0.39 is 0 Å². The summed E-state index contributed by atoms with van der Waals surface area (Å²) in [6, 6.07) is 0. The molecular formula is C6H10ClP. The average Bonchev–Trinajstić information content (AvgIpc) is 2.15. The number of halogens is 1. The smallest absolute Gasteiger partial charge is 0.0665 e. The molecule has 2 atom stereocenters. The second kappa shape index (κ2) is 2.01. The third kappa shape index (κ3) is 1.24. The molecule has 0 bridgehead atoms. The standard InChI is InChI=1S/C6H10ClP/c1-6(7)4-5(6)2-3-8/h2H,3-4,8H2,1H3/b5-2+. The molecule has 0 aromatic rings. The minimum absolute atomic E-state index is 0.0383. The maximum atomic E-state index is 5.91. The van der Waals surface area contributed by atoms with E-state index in [0.717, 1.165) is 12.6 Å². The van der Waals surface area contributed by atoms with Crippen LogP contribution in [0.25, 0.3) is 0 Å². The van der Waals surface area contributed by atoms with Gasteiger partial charge in [0.2, 0.25) is 0 Å². The zero-order chi connectivity index (χ0) is 6.20. The largest absolute Gasteiger partial charge is 0.134 e. The predicted molar refractivity (Wildman–Crippen MR) is 41.5 cm³/mol. The summed E-state index contributed by atoms with van der Waals surface area (Å²) in [5.74, 6) is 0. The third-order valence-electron chi connectivity index (χ3n) is 1.43. The van der Waals surface area contributed by atoms with Crippen molar-refractivity contribution in [1.29, 1.82) is 0 Å². The van der Waals surface area contributed by atoms with Crippen LogP contribution < -0.4 is 0 Å². The monoisotopic (exact) mass is 148 g/mol. The second-order valence-electron chi connectivity index (χ2n) is 2.34. The van der Waals surface area contributed by atoms with Crippen LogP contribution in [0.3, 0.4) is 0 Å². The van der Waals surface area contributed by atoms with E-state index in [0.29, 0.717) is 0 Å². The number of rotatable bonds is 1. The normalized spacial score (nSPS) is 40.6. The van der Waals surface area contributed by atoms with Gasteiger partial charge in [-0.1, -0.05) is 11.6 Å². The van der Waals surface area contributed by atoms with Crippen LogP contribution in [-0.4, -0.2) is 11.0 Å². The Hall–Kier alpha value is 0.460. The van der Waals surface area contributed by atoms with Gasteiger partial charge in [-0.15, -0.1) is 20.8 Å². The van der Waals surface area contributed by atoms with Crippen LogP contribution >= 0.6 is 20.8 Å². The molecule has 0 aromatic carbocycles. The van der Waals surface area contributed by atoms with Crippen molar-refractivity contribution in [3.05, 3.63) is 11.6 Å². The van der Waals surface area contributed by atoms with Crippen LogP contribution in [0.5, 0.6) is 0 Å². The van der Waals surface area contributed by atoms with E-state index in [4.69, 9.17) is 11.6 Å². The lowest BCUT2D eigenvalue weighted by Crippen LogP contribution is -1.84. The highest BCUT2D eigenvalue weighted by molar-refractivity contribution is 7.16. The van der Waals surface area contributed by atoms with Gasteiger partial charge in [0.15, 0.2) is 0 Å². The molecule has 0 radical (unpaired) electrons. The fraction of sp³-hybridized carbons (Fsp3) is 0.667. The van der Waals surface area contributed by atoms with Gasteiger partial charge in [-0.05, 0) is 19.5 Å². The van der Waals surface area contributed by atoms with E-state index in [1.54, 1.807) is 0 Å². The molecule has 1 aliphatic carbocycles. The van der Waals surface area contributed by atoms with Crippen molar-refractivity contribution in [3.63, 3.8) is 0 Å². The molecule has 0 nitrogen and oxygen atoms in total. The lowest BCUT2D eigenvalue weighted by atomic mass is 10.4. The van der Waals surface area contributed by atoms with Gasteiger partial charge >= 0.3 is 0 Å². The fourth-order valence-electron chi connectivity index (χ4n) is 0.741. The summed E-state index contributed by atoms with van der Waals surface area (Å²) in [5.41, 5.74) is 1.40. The van der Waals surface area contributed by atoms with Crippen LogP contribution in [0, 0.1) is 0 Å². The van der Waals surface area contributed by atoms with Crippen molar-refractivity contribution in [2.24, 2.45) is 0 Å². The quantitative estimate of drug-likeness (QED) is 0.304. The summed E-state index contributed by atoms with van der Waals surface area (Å²) in [6.45, 7) is 2.06. The first-order valence-electron chi connectivity index (χ1n) is 2.75. The van der Waals surface area contributed by atoms with Crippen molar-refractivity contribution in [1.82, 2.24) is 0 Å². The van der Waals surface area contributed by atoms with E-state index >= 15 is 0 Å². The molecule has 1 saturated carbocycles. The summed E-state index contributed by atoms with van der Waals surface area (Å²) in [6.07, 6.45) is 4.30. The van der Waals surface area contributed by atoms with Crippen molar-refractivity contribution in [3.8, 4) is 0 Å². The molecular weight excluding hydrogens is 138 g/mol. The summed E-state index contributed by atoms with van der Waals surface area (Å²) in [5, 5.41) is 0. The molecule has 1 rings (SSSR count). The van der Waals surface area contributed by atoms with E-state index in [1.165, 1.54) is 5.57 Å². The van der Waals surface area contributed by atoms with E-state index in [2.05, 4.69) is 22.2 Å². The Bertz CT molecular complexity index is 126. The van der Waals surface area contributed by atoms with E-state index in [9.17, 15) is 0 Å². The zero-order valence-electron chi connectivity index (χ0n) is 4.95. The fourth-order valence-corrected chi connectivity index (χ4v) is 1.25. The predicted octanol–water partition coefficient (Wildman–Crippen LogP) is 2.19. The third-order valence-corrected chi connectivity index (χ3v) is 2.04. The molecule has 0 spiro atoms.